The van der Waals surface area contributed by atoms with E-state index in [4.69, 9.17) is 0 Å². The van der Waals surface area contributed by atoms with E-state index in [1.165, 1.54) is 25.1 Å². The van der Waals surface area contributed by atoms with E-state index in [0.717, 1.165) is 11.8 Å². The molecule has 0 spiro atoms. The van der Waals surface area contributed by atoms with Gasteiger partial charge in [0.25, 0.3) is 5.91 Å². The van der Waals surface area contributed by atoms with E-state index >= 15 is 0 Å². The van der Waals surface area contributed by atoms with Crippen LogP contribution in [0.4, 0.5) is 11.4 Å². The van der Waals surface area contributed by atoms with Gasteiger partial charge in [0.05, 0.1) is 17.5 Å². The second kappa shape index (κ2) is 9.56. The molecule has 0 aliphatic heterocycles. The van der Waals surface area contributed by atoms with E-state index in [0.29, 0.717) is 12.2 Å². The Morgan fingerprint density at radius 1 is 1.03 bits per heavy atom. The van der Waals surface area contributed by atoms with Gasteiger partial charge in [-0.2, -0.15) is 0 Å². The van der Waals surface area contributed by atoms with Crippen LogP contribution in [0.3, 0.4) is 0 Å². The molecule has 0 saturated carbocycles. The summed E-state index contributed by atoms with van der Waals surface area (Å²) in [6.45, 7) is 5.91. The van der Waals surface area contributed by atoms with Crippen LogP contribution in [0.25, 0.3) is 0 Å². The number of hydrogen-bond donors (Lipinski definition) is 3. The molecule has 2 rings (SSSR count). The summed E-state index contributed by atoms with van der Waals surface area (Å²) in [5.74, 6) is -0.323. The van der Waals surface area contributed by atoms with Crippen LogP contribution in [0.5, 0.6) is 0 Å². The molecule has 1 unspecified atom stereocenters. The SMILES string of the molecule is CC(=O)Nc1ccc(NS(C)(=O)=O)c(C(=O)NCC(c2ccccc2)C(C)C)c1. The average molecular weight is 418 g/mol. The summed E-state index contributed by atoms with van der Waals surface area (Å²) in [4.78, 5) is 24.2. The first-order chi connectivity index (χ1) is 13.6. The Morgan fingerprint density at radius 3 is 2.24 bits per heavy atom. The predicted octanol–water partition coefficient (Wildman–Crippen LogP) is 3.19. The summed E-state index contributed by atoms with van der Waals surface area (Å²) >= 11 is 0. The number of sulfonamides is 1. The van der Waals surface area contributed by atoms with E-state index in [-0.39, 0.29) is 29.0 Å². The third kappa shape index (κ3) is 6.90. The lowest BCUT2D eigenvalue weighted by molar-refractivity contribution is -0.114. The molecular weight excluding hydrogens is 390 g/mol. The number of anilines is 2. The van der Waals surface area contributed by atoms with E-state index < -0.39 is 15.9 Å². The lowest BCUT2D eigenvalue weighted by Crippen LogP contribution is -2.31. The second-order valence-corrected chi connectivity index (χ2v) is 9.04. The number of carbonyl (C=O) groups is 2. The molecule has 156 valence electrons. The molecule has 0 fully saturated rings. The van der Waals surface area contributed by atoms with E-state index in [9.17, 15) is 18.0 Å². The second-order valence-electron chi connectivity index (χ2n) is 7.29. The van der Waals surface area contributed by atoms with Crippen molar-refractivity contribution < 1.29 is 18.0 Å². The van der Waals surface area contributed by atoms with Crippen LogP contribution in [-0.4, -0.2) is 33.0 Å². The first-order valence-corrected chi connectivity index (χ1v) is 11.2. The van der Waals surface area contributed by atoms with Crippen molar-refractivity contribution in [2.45, 2.75) is 26.7 Å². The van der Waals surface area contributed by atoms with Gasteiger partial charge in [-0.25, -0.2) is 8.42 Å². The summed E-state index contributed by atoms with van der Waals surface area (Å²) in [6, 6.07) is 14.3. The molecule has 29 heavy (non-hydrogen) atoms. The fourth-order valence-corrected chi connectivity index (χ4v) is 3.62. The Hall–Kier alpha value is -2.87. The Bertz CT molecular complexity index is 973. The number of rotatable bonds is 8. The summed E-state index contributed by atoms with van der Waals surface area (Å²) in [6.07, 6.45) is 1.01. The zero-order valence-corrected chi connectivity index (χ0v) is 17.8. The van der Waals surface area contributed by atoms with Crippen molar-refractivity contribution in [3.05, 3.63) is 59.7 Å². The topological polar surface area (TPSA) is 104 Å². The van der Waals surface area contributed by atoms with Gasteiger partial charge in [0.2, 0.25) is 15.9 Å². The van der Waals surface area contributed by atoms with Gasteiger partial charge < -0.3 is 10.6 Å². The largest absolute Gasteiger partial charge is 0.351 e. The van der Waals surface area contributed by atoms with Crippen molar-refractivity contribution in [3.8, 4) is 0 Å². The third-order valence-electron chi connectivity index (χ3n) is 4.39. The molecule has 0 bridgehead atoms. The number of hydrogen-bond acceptors (Lipinski definition) is 4. The highest BCUT2D eigenvalue weighted by Crippen LogP contribution is 2.25. The van der Waals surface area contributed by atoms with Crippen LogP contribution >= 0.6 is 0 Å². The van der Waals surface area contributed by atoms with Crippen LogP contribution in [0.1, 0.15) is 42.6 Å². The molecule has 8 heteroatoms. The molecule has 0 aliphatic rings. The fraction of sp³-hybridized carbons (Fsp3) is 0.333. The minimum atomic E-state index is -3.57. The minimum Gasteiger partial charge on any atom is -0.351 e. The van der Waals surface area contributed by atoms with Crippen LogP contribution in [0.15, 0.2) is 48.5 Å². The third-order valence-corrected chi connectivity index (χ3v) is 4.99. The van der Waals surface area contributed by atoms with Gasteiger partial charge in [0.15, 0.2) is 0 Å². The van der Waals surface area contributed by atoms with Gasteiger partial charge >= 0.3 is 0 Å². The molecule has 0 aliphatic carbocycles. The normalized spacial score (nSPS) is 12.3. The number of nitrogens with one attached hydrogen (secondary N) is 3. The van der Waals surface area contributed by atoms with Crippen LogP contribution in [0.2, 0.25) is 0 Å². The molecule has 2 amide bonds. The predicted molar refractivity (Wildman–Crippen MR) is 116 cm³/mol. The highest BCUT2D eigenvalue weighted by molar-refractivity contribution is 7.92. The van der Waals surface area contributed by atoms with Crippen LogP contribution < -0.4 is 15.4 Å². The van der Waals surface area contributed by atoms with Crippen molar-refractivity contribution in [1.82, 2.24) is 5.32 Å². The standard InChI is InChI=1S/C21H27N3O4S/c1-14(2)19(16-8-6-5-7-9-16)13-22-21(26)18-12-17(23-15(3)25)10-11-20(18)24-29(4,27)28/h5-12,14,19,24H,13H2,1-4H3,(H,22,26)(H,23,25). The quantitative estimate of drug-likeness (QED) is 0.613. The summed E-state index contributed by atoms with van der Waals surface area (Å²) in [5, 5.41) is 5.50. The van der Waals surface area contributed by atoms with E-state index in [1.807, 2.05) is 30.3 Å². The van der Waals surface area contributed by atoms with Gasteiger partial charge in [-0.3, -0.25) is 14.3 Å². The smallest absolute Gasteiger partial charge is 0.253 e. The van der Waals surface area contributed by atoms with Gasteiger partial charge in [-0.15, -0.1) is 0 Å². The summed E-state index contributed by atoms with van der Waals surface area (Å²) in [5.41, 5.74) is 1.81. The van der Waals surface area contributed by atoms with E-state index in [2.05, 4.69) is 29.2 Å². The van der Waals surface area contributed by atoms with Crippen LogP contribution in [0, 0.1) is 5.92 Å². The van der Waals surface area contributed by atoms with Crippen molar-refractivity contribution in [2.24, 2.45) is 5.92 Å². The summed E-state index contributed by atoms with van der Waals surface area (Å²) in [7, 11) is -3.57. The monoisotopic (exact) mass is 417 g/mol. The Morgan fingerprint density at radius 2 is 1.69 bits per heavy atom. The average Bonchev–Trinajstić information content (AvgIpc) is 2.62. The highest BCUT2D eigenvalue weighted by Gasteiger charge is 2.20. The van der Waals surface area contributed by atoms with Gasteiger partial charge in [0, 0.05) is 25.1 Å². The van der Waals surface area contributed by atoms with E-state index in [1.54, 1.807) is 0 Å². The zero-order chi connectivity index (χ0) is 21.6. The molecule has 0 radical (unpaired) electrons. The molecule has 0 saturated heterocycles. The van der Waals surface area contributed by atoms with Crippen LogP contribution in [-0.2, 0) is 14.8 Å². The molecule has 0 heterocycles. The lowest BCUT2D eigenvalue weighted by atomic mass is 9.88. The Labute approximate surface area is 172 Å². The van der Waals surface area contributed by atoms with Gasteiger partial charge in [-0.05, 0) is 29.7 Å². The number of amides is 2. The van der Waals surface area contributed by atoms with Crippen molar-refractivity contribution >= 4 is 33.2 Å². The van der Waals surface area contributed by atoms with Crippen molar-refractivity contribution in [1.29, 1.82) is 0 Å². The molecule has 2 aromatic rings. The maximum atomic E-state index is 12.9. The highest BCUT2D eigenvalue weighted by atomic mass is 32.2. The molecule has 1 atom stereocenters. The molecule has 7 nitrogen and oxygen atoms in total. The van der Waals surface area contributed by atoms with Gasteiger partial charge in [0.1, 0.15) is 0 Å². The maximum Gasteiger partial charge on any atom is 0.253 e. The molecule has 2 aromatic carbocycles. The first-order valence-electron chi connectivity index (χ1n) is 9.29. The zero-order valence-electron chi connectivity index (χ0n) is 17.0. The number of carbonyl (C=O) groups excluding carboxylic acids is 2. The lowest BCUT2D eigenvalue weighted by Gasteiger charge is -2.22. The Balaban J connectivity index is 2.27. The molecular formula is C21H27N3O4S. The van der Waals surface area contributed by atoms with Gasteiger partial charge in [-0.1, -0.05) is 44.2 Å². The minimum absolute atomic E-state index is 0.102. The Kier molecular flexibility index (Phi) is 7.39. The molecule has 0 aromatic heterocycles. The van der Waals surface area contributed by atoms with Crippen molar-refractivity contribution in [2.75, 3.05) is 22.8 Å². The molecule has 3 N–H and O–H groups in total. The number of benzene rings is 2. The van der Waals surface area contributed by atoms with Crippen molar-refractivity contribution in [3.63, 3.8) is 0 Å². The summed E-state index contributed by atoms with van der Waals surface area (Å²) < 4.78 is 25.7. The maximum absolute atomic E-state index is 12.9. The first kappa shape index (κ1) is 22.4. The fourth-order valence-electron chi connectivity index (χ4n) is 3.04.